The van der Waals surface area contributed by atoms with Gasteiger partial charge < -0.3 is 15.2 Å². The van der Waals surface area contributed by atoms with Crippen molar-refractivity contribution >= 4 is 23.5 Å². The number of hydrogen-bond donors (Lipinski definition) is 2. The van der Waals surface area contributed by atoms with Crippen molar-refractivity contribution in [2.24, 2.45) is 5.41 Å². The quantitative estimate of drug-likeness (QED) is 0.119. The van der Waals surface area contributed by atoms with Crippen LogP contribution in [-0.2, 0) is 14.4 Å². The standard InChI is InChI=1S/C34H45NO5/c1-8-12-32(37)40-30-19-17-26(22-28(30)27(9-2)33(38)39)35-31(36)21-24(4)14-10-13-23(3)16-18-29-25(5)15-11-20-34(29,6)7/h10,13-14,16-19,21-22,27H,8-9,11-12,15,20H2,1-7H3,(H,35,36)(H,38,39). The van der Waals surface area contributed by atoms with Crippen LogP contribution in [0.2, 0.25) is 0 Å². The van der Waals surface area contributed by atoms with E-state index in [4.69, 9.17) is 4.74 Å². The molecule has 0 saturated carbocycles. The Labute approximate surface area is 239 Å². The summed E-state index contributed by atoms with van der Waals surface area (Å²) < 4.78 is 5.43. The first kappa shape index (κ1) is 32.5. The van der Waals surface area contributed by atoms with Crippen molar-refractivity contribution in [3.63, 3.8) is 0 Å². The Morgan fingerprint density at radius 2 is 1.85 bits per heavy atom. The number of hydrogen-bond acceptors (Lipinski definition) is 4. The first-order chi connectivity index (χ1) is 18.9. The molecule has 1 aliphatic rings. The van der Waals surface area contributed by atoms with E-state index < -0.39 is 17.9 Å². The second kappa shape index (κ2) is 15.2. The SMILES string of the molecule is CCCC(=O)Oc1ccc(NC(=O)C=C(C)C=CC=C(C)C=CC2=C(C)CCCC2(C)C)cc1C(CC)C(=O)O. The molecule has 1 amide bonds. The molecule has 216 valence electrons. The lowest BCUT2D eigenvalue weighted by Gasteiger charge is -2.32. The van der Waals surface area contributed by atoms with Crippen LogP contribution in [0.15, 0.2) is 76.9 Å². The van der Waals surface area contributed by atoms with Gasteiger partial charge in [-0.25, -0.2) is 0 Å². The predicted molar refractivity (Wildman–Crippen MR) is 162 cm³/mol. The minimum atomic E-state index is -1.02. The zero-order valence-corrected chi connectivity index (χ0v) is 25.1. The lowest BCUT2D eigenvalue weighted by Crippen LogP contribution is -2.19. The second-order valence-corrected chi connectivity index (χ2v) is 11.2. The number of rotatable bonds is 12. The summed E-state index contributed by atoms with van der Waals surface area (Å²) in [4.78, 5) is 36.5. The summed E-state index contributed by atoms with van der Waals surface area (Å²) in [5.74, 6) is -2.44. The largest absolute Gasteiger partial charge is 0.481 e. The van der Waals surface area contributed by atoms with Gasteiger partial charge in [0, 0.05) is 23.7 Å². The molecule has 0 heterocycles. The van der Waals surface area contributed by atoms with Gasteiger partial charge in [0.15, 0.2) is 0 Å². The van der Waals surface area contributed by atoms with E-state index in [-0.39, 0.29) is 23.5 Å². The average molecular weight is 548 g/mol. The number of amides is 1. The molecule has 1 aromatic rings. The van der Waals surface area contributed by atoms with Crippen LogP contribution in [0.3, 0.4) is 0 Å². The van der Waals surface area contributed by atoms with E-state index in [0.29, 0.717) is 24.1 Å². The fraction of sp³-hybridized carbons (Fsp3) is 0.441. The summed E-state index contributed by atoms with van der Waals surface area (Å²) in [5, 5.41) is 12.5. The van der Waals surface area contributed by atoms with Crippen LogP contribution in [0.25, 0.3) is 0 Å². The molecule has 1 aliphatic carbocycles. The van der Waals surface area contributed by atoms with Crippen LogP contribution < -0.4 is 10.1 Å². The molecule has 1 atom stereocenters. The molecule has 0 aliphatic heterocycles. The highest BCUT2D eigenvalue weighted by Gasteiger charge is 2.26. The van der Waals surface area contributed by atoms with Crippen molar-refractivity contribution in [3.8, 4) is 5.75 Å². The summed E-state index contributed by atoms with van der Waals surface area (Å²) >= 11 is 0. The minimum Gasteiger partial charge on any atom is -0.481 e. The maximum absolute atomic E-state index is 12.7. The zero-order chi connectivity index (χ0) is 29.9. The van der Waals surface area contributed by atoms with E-state index in [1.165, 1.54) is 36.1 Å². The number of anilines is 1. The maximum atomic E-state index is 12.7. The van der Waals surface area contributed by atoms with Gasteiger partial charge in [-0.15, -0.1) is 0 Å². The number of allylic oxidation sites excluding steroid dienone is 9. The van der Waals surface area contributed by atoms with Gasteiger partial charge in [0.1, 0.15) is 5.75 Å². The summed E-state index contributed by atoms with van der Waals surface area (Å²) in [6, 6.07) is 4.71. The first-order valence-electron chi connectivity index (χ1n) is 14.2. The van der Waals surface area contributed by atoms with Gasteiger partial charge in [-0.1, -0.05) is 69.2 Å². The Kier molecular flexibility index (Phi) is 12.4. The minimum absolute atomic E-state index is 0.202. The van der Waals surface area contributed by atoms with E-state index >= 15 is 0 Å². The highest BCUT2D eigenvalue weighted by atomic mass is 16.5. The number of carbonyl (C=O) groups excluding carboxylic acids is 2. The van der Waals surface area contributed by atoms with E-state index in [1.54, 1.807) is 19.1 Å². The Morgan fingerprint density at radius 3 is 2.48 bits per heavy atom. The highest BCUT2D eigenvalue weighted by molar-refractivity contribution is 6.00. The molecular weight excluding hydrogens is 502 g/mol. The van der Waals surface area contributed by atoms with Crippen LogP contribution in [0.5, 0.6) is 5.75 Å². The molecule has 0 fully saturated rings. The highest BCUT2D eigenvalue weighted by Crippen LogP contribution is 2.40. The normalized spacial score (nSPS) is 16.9. The number of nitrogens with one attached hydrogen (secondary N) is 1. The van der Waals surface area contributed by atoms with Crippen molar-refractivity contribution in [1.82, 2.24) is 0 Å². The van der Waals surface area contributed by atoms with E-state index in [2.05, 4.69) is 45.2 Å². The lowest BCUT2D eigenvalue weighted by atomic mass is 9.72. The third-order valence-electron chi connectivity index (χ3n) is 7.17. The van der Waals surface area contributed by atoms with Gasteiger partial charge in [0.2, 0.25) is 5.91 Å². The number of benzene rings is 1. The van der Waals surface area contributed by atoms with Gasteiger partial charge >= 0.3 is 11.9 Å². The maximum Gasteiger partial charge on any atom is 0.311 e. The summed E-state index contributed by atoms with van der Waals surface area (Å²) in [6.45, 7) is 14.3. The van der Waals surface area contributed by atoms with Gasteiger partial charge in [-0.2, -0.15) is 0 Å². The number of carbonyl (C=O) groups is 3. The predicted octanol–water partition coefficient (Wildman–Crippen LogP) is 8.44. The van der Waals surface area contributed by atoms with Crippen LogP contribution in [0.4, 0.5) is 5.69 Å². The monoisotopic (exact) mass is 547 g/mol. The molecule has 40 heavy (non-hydrogen) atoms. The van der Waals surface area contributed by atoms with Gasteiger partial charge in [-0.3, -0.25) is 14.4 Å². The van der Waals surface area contributed by atoms with Crippen molar-refractivity contribution in [2.45, 2.75) is 92.9 Å². The van der Waals surface area contributed by atoms with Gasteiger partial charge in [0.25, 0.3) is 0 Å². The number of esters is 1. The zero-order valence-electron chi connectivity index (χ0n) is 25.1. The van der Waals surface area contributed by atoms with Crippen molar-refractivity contribution in [1.29, 1.82) is 0 Å². The van der Waals surface area contributed by atoms with Crippen molar-refractivity contribution < 1.29 is 24.2 Å². The average Bonchev–Trinajstić information content (AvgIpc) is 2.85. The number of carboxylic acids is 1. The molecule has 2 rings (SSSR count). The summed E-state index contributed by atoms with van der Waals surface area (Å²) in [7, 11) is 0. The summed E-state index contributed by atoms with van der Waals surface area (Å²) in [5.41, 5.74) is 5.76. The second-order valence-electron chi connectivity index (χ2n) is 11.2. The van der Waals surface area contributed by atoms with Crippen LogP contribution >= 0.6 is 0 Å². The Hall–Kier alpha value is -3.67. The molecule has 1 unspecified atom stereocenters. The first-order valence-corrected chi connectivity index (χ1v) is 14.2. The van der Waals surface area contributed by atoms with E-state index in [1.807, 2.05) is 32.1 Å². The molecule has 1 aromatic carbocycles. The molecule has 0 aromatic heterocycles. The molecule has 0 bridgehead atoms. The molecule has 0 radical (unpaired) electrons. The Morgan fingerprint density at radius 1 is 1.12 bits per heavy atom. The fourth-order valence-electron chi connectivity index (χ4n) is 4.96. The number of aliphatic carboxylic acids is 1. The topological polar surface area (TPSA) is 92.7 Å². The molecule has 6 nitrogen and oxygen atoms in total. The van der Waals surface area contributed by atoms with E-state index in [9.17, 15) is 19.5 Å². The van der Waals surface area contributed by atoms with Gasteiger partial charge in [-0.05, 0) is 87.6 Å². The molecule has 0 saturated heterocycles. The fourth-order valence-corrected chi connectivity index (χ4v) is 4.96. The summed E-state index contributed by atoms with van der Waals surface area (Å²) in [6.07, 6.45) is 16.4. The number of carboxylic acid groups (broad SMARTS) is 1. The molecule has 6 heteroatoms. The Balaban J connectivity index is 2.12. The smallest absolute Gasteiger partial charge is 0.311 e. The van der Waals surface area contributed by atoms with Crippen molar-refractivity contribution in [3.05, 3.63) is 82.5 Å². The molecule has 2 N–H and O–H groups in total. The third kappa shape index (κ3) is 9.82. The Bertz CT molecular complexity index is 1240. The molecule has 0 spiro atoms. The van der Waals surface area contributed by atoms with Crippen LogP contribution in [0.1, 0.15) is 98.5 Å². The van der Waals surface area contributed by atoms with Crippen molar-refractivity contribution in [2.75, 3.05) is 5.32 Å². The molecular formula is C34H45NO5. The third-order valence-corrected chi connectivity index (χ3v) is 7.17. The van der Waals surface area contributed by atoms with E-state index in [0.717, 1.165) is 17.6 Å². The lowest BCUT2D eigenvalue weighted by molar-refractivity contribution is -0.139. The van der Waals surface area contributed by atoms with Crippen LogP contribution in [0, 0.1) is 5.41 Å². The van der Waals surface area contributed by atoms with Crippen LogP contribution in [-0.4, -0.2) is 23.0 Å². The van der Waals surface area contributed by atoms with Gasteiger partial charge in [0.05, 0.1) is 5.92 Å². The number of ether oxygens (including phenoxy) is 1.